The van der Waals surface area contributed by atoms with Crippen LogP contribution in [0.4, 0.5) is 0 Å². The minimum absolute atomic E-state index is 0.191. The van der Waals surface area contributed by atoms with Gasteiger partial charge >= 0.3 is 5.97 Å². The molecule has 0 amide bonds. The van der Waals surface area contributed by atoms with E-state index in [9.17, 15) is 4.79 Å². The first-order chi connectivity index (χ1) is 6.24. The van der Waals surface area contributed by atoms with E-state index in [-0.39, 0.29) is 25.1 Å². The zero-order valence-corrected chi connectivity index (χ0v) is 8.12. The minimum atomic E-state index is -0.311. The van der Waals surface area contributed by atoms with Gasteiger partial charge in [-0.3, -0.25) is 4.79 Å². The Bertz CT molecular complexity index is 136. The third kappa shape index (κ3) is 6.51. The van der Waals surface area contributed by atoms with Crippen LogP contribution in [-0.2, 0) is 19.0 Å². The van der Waals surface area contributed by atoms with Crippen molar-refractivity contribution in [3.8, 4) is 0 Å². The van der Waals surface area contributed by atoms with Gasteiger partial charge in [0.05, 0.1) is 19.1 Å². The molecule has 0 spiro atoms. The lowest BCUT2D eigenvalue weighted by atomic mass is 10.2. The maximum atomic E-state index is 11.0. The van der Waals surface area contributed by atoms with Crippen LogP contribution >= 0.6 is 0 Å². The van der Waals surface area contributed by atoms with Crippen LogP contribution < -0.4 is 5.73 Å². The average Bonchev–Trinajstić information content (AvgIpc) is 2.14. The van der Waals surface area contributed by atoms with E-state index in [1.165, 1.54) is 7.11 Å². The highest BCUT2D eigenvalue weighted by molar-refractivity contribution is 5.69. The molecular weight excluding hydrogens is 174 g/mol. The number of carbonyl (C=O) groups excluding carboxylic acids is 1. The van der Waals surface area contributed by atoms with E-state index >= 15 is 0 Å². The number of esters is 1. The van der Waals surface area contributed by atoms with Crippen molar-refractivity contribution in [3.05, 3.63) is 0 Å². The third-order valence-corrected chi connectivity index (χ3v) is 1.54. The van der Waals surface area contributed by atoms with Crippen molar-refractivity contribution < 1.29 is 19.0 Å². The molecule has 0 radical (unpaired) electrons. The maximum absolute atomic E-state index is 11.0. The Morgan fingerprint density at radius 2 is 2.08 bits per heavy atom. The van der Waals surface area contributed by atoms with Crippen LogP contribution in [0.2, 0.25) is 0 Å². The summed E-state index contributed by atoms with van der Waals surface area (Å²) < 4.78 is 14.5. The van der Waals surface area contributed by atoms with Gasteiger partial charge in [-0.2, -0.15) is 0 Å². The topological polar surface area (TPSA) is 70.8 Å². The molecule has 0 saturated heterocycles. The molecule has 0 fully saturated rings. The van der Waals surface area contributed by atoms with Gasteiger partial charge in [-0.25, -0.2) is 0 Å². The highest BCUT2D eigenvalue weighted by Gasteiger charge is 2.11. The van der Waals surface area contributed by atoms with Gasteiger partial charge < -0.3 is 19.9 Å². The van der Waals surface area contributed by atoms with Crippen molar-refractivity contribution in [1.29, 1.82) is 0 Å². The number of methoxy groups -OCH3 is 2. The van der Waals surface area contributed by atoms with Crippen molar-refractivity contribution in [1.82, 2.24) is 0 Å². The number of rotatable bonds is 7. The number of carbonyl (C=O) groups is 1. The summed E-state index contributed by atoms with van der Waals surface area (Å²) in [5.74, 6) is -0.311. The molecule has 5 nitrogen and oxygen atoms in total. The first kappa shape index (κ1) is 12.3. The van der Waals surface area contributed by atoms with E-state index in [1.54, 1.807) is 7.11 Å². The molecule has 78 valence electrons. The maximum Gasteiger partial charge on any atom is 0.308 e. The molecular formula is C8H17NO4. The van der Waals surface area contributed by atoms with E-state index in [4.69, 9.17) is 19.9 Å². The summed E-state index contributed by atoms with van der Waals surface area (Å²) in [6, 6.07) is 0. The van der Waals surface area contributed by atoms with Gasteiger partial charge in [0, 0.05) is 20.8 Å². The Morgan fingerprint density at radius 1 is 1.38 bits per heavy atom. The molecule has 0 heterocycles. The standard InChI is InChI=1S/C8H17NO4/c1-11-3-4-13-8(10)5-7(6-9)12-2/h7H,3-6,9H2,1-2H3. The van der Waals surface area contributed by atoms with Gasteiger partial charge in [-0.15, -0.1) is 0 Å². The highest BCUT2D eigenvalue weighted by Crippen LogP contribution is 1.96. The van der Waals surface area contributed by atoms with E-state index in [1.807, 2.05) is 0 Å². The van der Waals surface area contributed by atoms with Crippen LogP contribution in [0.25, 0.3) is 0 Å². The zero-order valence-electron chi connectivity index (χ0n) is 8.12. The van der Waals surface area contributed by atoms with Gasteiger partial charge in [0.1, 0.15) is 6.61 Å². The Kier molecular flexibility index (Phi) is 7.57. The molecule has 13 heavy (non-hydrogen) atoms. The summed E-state index contributed by atoms with van der Waals surface area (Å²) in [6.07, 6.45) is -0.0634. The Balaban J connectivity index is 3.48. The lowest BCUT2D eigenvalue weighted by Gasteiger charge is -2.11. The zero-order chi connectivity index (χ0) is 10.1. The van der Waals surface area contributed by atoms with E-state index in [0.717, 1.165) is 0 Å². The summed E-state index contributed by atoms with van der Waals surface area (Å²) >= 11 is 0. The lowest BCUT2D eigenvalue weighted by Crippen LogP contribution is -2.26. The highest BCUT2D eigenvalue weighted by atomic mass is 16.6. The molecule has 0 aliphatic rings. The molecule has 0 aliphatic heterocycles. The van der Waals surface area contributed by atoms with Crippen LogP contribution in [0, 0.1) is 0 Å². The molecule has 0 bridgehead atoms. The molecule has 0 aromatic rings. The Labute approximate surface area is 78.1 Å². The second-order valence-corrected chi connectivity index (χ2v) is 2.51. The Morgan fingerprint density at radius 3 is 2.54 bits per heavy atom. The summed E-state index contributed by atoms with van der Waals surface area (Å²) in [7, 11) is 3.06. The SMILES string of the molecule is COCCOC(=O)CC(CN)OC. The van der Waals surface area contributed by atoms with Gasteiger partial charge in [-0.1, -0.05) is 0 Å². The number of nitrogens with two attached hydrogens (primary N) is 1. The predicted octanol–water partition coefficient (Wildman–Crippen LogP) is -0.460. The van der Waals surface area contributed by atoms with Crippen molar-refractivity contribution in [2.75, 3.05) is 34.0 Å². The monoisotopic (exact) mass is 191 g/mol. The van der Waals surface area contributed by atoms with Gasteiger partial charge in [0.15, 0.2) is 0 Å². The largest absolute Gasteiger partial charge is 0.463 e. The molecule has 0 rings (SSSR count). The molecule has 0 aromatic carbocycles. The molecule has 1 atom stereocenters. The molecule has 1 unspecified atom stereocenters. The van der Waals surface area contributed by atoms with Gasteiger partial charge in [0.2, 0.25) is 0 Å². The summed E-state index contributed by atoms with van der Waals surface area (Å²) in [5.41, 5.74) is 5.33. The molecule has 0 saturated carbocycles. The number of ether oxygens (including phenoxy) is 3. The van der Waals surface area contributed by atoms with E-state index < -0.39 is 0 Å². The normalized spacial score (nSPS) is 12.5. The Hall–Kier alpha value is -0.650. The van der Waals surface area contributed by atoms with Crippen molar-refractivity contribution in [2.24, 2.45) is 5.73 Å². The van der Waals surface area contributed by atoms with Crippen molar-refractivity contribution >= 4 is 5.97 Å². The van der Waals surface area contributed by atoms with Crippen molar-refractivity contribution in [3.63, 3.8) is 0 Å². The van der Waals surface area contributed by atoms with Crippen LogP contribution in [0.3, 0.4) is 0 Å². The first-order valence-corrected chi connectivity index (χ1v) is 4.12. The fraction of sp³-hybridized carbons (Fsp3) is 0.875. The van der Waals surface area contributed by atoms with Crippen LogP contribution in [0.15, 0.2) is 0 Å². The van der Waals surface area contributed by atoms with Crippen LogP contribution in [0.1, 0.15) is 6.42 Å². The van der Waals surface area contributed by atoms with E-state index in [2.05, 4.69) is 0 Å². The molecule has 0 aliphatic carbocycles. The third-order valence-electron chi connectivity index (χ3n) is 1.54. The quantitative estimate of drug-likeness (QED) is 0.435. The van der Waals surface area contributed by atoms with Crippen LogP contribution in [-0.4, -0.2) is 46.1 Å². The second kappa shape index (κ2) is 7.97. The summed E-state index contributed by atoms with van der Waals surface area (Å²) in [5, 5.41) is 0. The predicted molar refractivity (Wildman–Crippen MR) is 47.3 cm³/mol. The first-order valence-electron chi connectivity index (χ1n) is 4.12. The van der Waals surface area contributed by atoms with E-state index in [0.29, 0.717) is 13.2 Å². The average molecular weight is 191 g/mol. The second-order valence-electron chi connectivity index (χ2n) is 2.51. The molecule has 0 aromatic heterocycles. The minimum Gasteiger partial charge on any atom is -0.463 e. The van der Waals surface area contributed by atoms with Gasteiger partial charge in [0.25, 0.3) is 0 Å². The number of hydrogen-bond acceptors (Lipinski definition) is 5. The van der Waals surface area contributed by atoms with Crippen molar-refractivity contribution in [2.45, 2.75) is 12.5 Å². The molecule has 2 N–H and O–H groups in total. The number of hydrogen-bond donors (Lipinski definition) is 1. The van der Waals surface area contributed by atoms with Crippen LogP contribution in [0.5, 0.6) is 0 Å². The fourth-order valence-electron chi connectivity index (χ4n) is 0.747. The fourth-order valence-corrected chi connectivity index (χ4v) is 0.747. The lowest BCUT2D eigenvalue weighted by molar-refractivity contribution is -0.147. The summed E-state index contributed by atoms with van der Waals surface area (Å²) in [6.45, 7) is 0.998. The summed E-state index contributed by atoms with van der Waals surface area (Å²) in [4.78, 5) is 11.0. The van der Waals surface area contributed by atoms with Gasteiger partial charge in [-0.05, 0) is 0 Å². The molecule has 5 heteroatoms. The smallest absolute Gasteiger partial charge is 0.308 e.